The van der Waals surface area contributed by atoms with E-state index in [1.807, 2.05) is 4.31 Å². The van der Waals surface area contributed by atoms with E-state index >= 15 is 0 Å². The van der Waals surface area contributed by atoms with Crippen LogP contribution >= 0.6 is 12.1 Å². The summed E-state index contributed by atoms with van der Waals surface area (Å²) in [5.74, 6) is -3.92. The highest BCUT2D eigenvalue weighted by Crippen LogP contribution is 2.72. The molecule has 8 heteroatoms. The monoisotopic (exact) mass is 426 g/mol. The number of benzene rings is 1. The van der Waals surface area contributed by atoms with Crippen LogP contribution in [0.2, 0.25) is 0 Å². The van der Waals surface area contributed by atoms with Crippen LogP contribution < -0.4 is 9.46 Å². The summed E-state index contributed by atoms with van der Waals surface area (Å²) in [4.78, 5) is 12.4. The van der Waals surface area contributed by atoms with Crippen molar-refractivity contribution in [3.8, 4) is 5.75 Å². The fraction of sp³-hybridized carbons (Fsp3) is 0.667. The third-order valence-electron chi connectivity index (χ3n) is 6.98. The molecular weight excluding hydrogens is 401 g/mol. The van der Waals surface area contributed by atoms with Crippen LogP contribution in [-0.4, -0.2) is 35.8 Å². The van der Waals surface area contributed by atoms with Crippen LogP contribution in [0.3, 0.4) is 0 Å². The van der Waals surface area contributed by atoms with E-state index in [4.69, 9.17) is 4.74 Å². The molecule has 1 amide bonds. The lowest BCUT2D eigenvalue weighted by molar-refractivity contribution is 0.0368. The Morgan fingerprint density at radius 3 is 2.66 bits per heavy atom. The minimum Gasteiger partial charge on any atom is -0.492 e. The van der Waals surface area contributed by atoms with Crippen LogP contribution in [0.4, 0.5) is 13.2 Å². The average molecular weight is 427 g/mol. The summed E-state index contributed by atoms with van der Waals surface area (Å²) in [5.41, 5.74) is -0.345. The van der Waals surface area contributed by atoms with Crippen LogP contribution in [0.5, 0.6) is 5.75 Å². The number of ether oxygens (including phenoxy) is 1. The number of carbonyl (C=O) groups excluding carboxylic acids is 1. The first-order valence-corrected chi connectivity index (χ1v) is 11.3. The van der Waals surface area contributed by atoms with E-state index in [1.54, 1.807) is 6.07 Å². The van der Waals surface area contributed by atoms with Gasteiger partial charge in [-0.15, -0.1) is 0 Å². The van der Waals surface area contributed by atoms with Crippen molar-refractivity contribution in [3.63, 3.8) is 0 Å². The molecule has 2 atom stereocenters. The second-order valence-corrected chi connectivity index (χ2v) is 9.72. The fourth-order valence-corrected chi connectivity index (χ4v) is 5.54. The summed E-state index contributed by atoms with van der Waals surface area (Å²) in [5, 5.41) is 0. The van der Waals surface area contributed by atoms with Gasteiger partial charge in [0.05, 0.1) is 11.0 Å². The molecule has 1 saturated heterocycles. The molecule has 0 aromatic heterocycles. The normalized spacial score (nSPS) is 30.2. The van der Waals surface area contributed by atoms with Gasteiger partial charge in [0.25, 0.3) is 11.8 Å². The molecule has 3 saturated carbocycles. The Labute approximate surface area is 172 Å². The first kappa shape index (κ1) is 19.5. The number of amides is 1. The van der Waals surface area contributed by atoms with Gasteiger partial charge < -0.3 is 4.74 Å². The number of alkyl halides is 2. The van der Waals surface area contributed by atoms with E-state index in [2.05, 4.69) is 4.72 Å². The van der Waals surface area contributed by atoms with Crippen molar-refractivity contribution in [2.75, 3.05) is 19.7 Å². The zero-order chi connectivity index (χ0) is 20.2. The lowest BCUT2D eigenvalue weighted by Crippen LogP contribution is -2.35. The molecule has 4 aliphatic rings. The molecule has 0 bridgehead atoms. The smallest absolute Gasteiger partial charge is 0.265 e. The van der Waals surface area contributed by atoms with Crippen molar-refractivity contribution in [2.24, 2.45) is 11.3 Å². The Balaban J connectivity index is 1.32. The lowest BCUT2D eigenvalue weighted by Gasteiger charge is -2.28. The second-order valence-electron chi connectivity index (χ2n) is 8.82. The van der Waals surface area contributed by atoms with E-state index < -0.39 is 29.0 Å². The first-order chi connectivity index (χ1) is 13.9. The number of hydrogen-bond donors (Lipinski definition) is 1. The number of nitrogens with zero attached hydrogens (tertiary/aromatic N) is 1. The Morgan fingerprint density at radius 1 is 1.21 bits per heavy atom. The molecule has 1 aliphatic heterocycles. The number of rotatable bonds is 7. The quantitative estimate of drug-likeness (QED) is 0.630. The molecule has 0 radical (unpaired) electrons. The maximum absolute atomic E-state index is 14.7. The standard InChI is InChI=1S/C21H25F3N2O2S/c22-16-11-17(28-12-20-7-2-1-4-18(20)21(20,23)24)14(13-5-6-13)10-15(16)19(27)25-29-26-8-3-9-26/h10-11,13,18H,1-9,12H2,(H,25,27). The Morgan fingerprint density at radius 2 is 2.00 bits per heavy atom. The van der Waals surface area contributed by atoms with E-state index in [9.17, 15) is 18.0 Å². The third kappa shape index (κ3) is 3.32. The third-order valence-corrected chi connectivity index (χ3v) is 7.88. The van der Waals surface area contributed by atoms with Gasteiger partial charge in [0.2, 0.25) is 0 Å². The molecule has 4 fully saturated rings. The van der Waals surface area contributed by atoms with Crippen molar-refractivity contribution in [3.05, 3.63) is 29.1 Å². The minimum absolute atomic E-state index is 0.0160. The van der Waals surface area contributed by atoms with Gasteiger partial charge in [-0.2, -0.15) is 0 Å². The van der Waals surface area contributed by atoms with Crippen LogP contribution in [0, 0.1) is 17.2 Å². The van der Waals surface area contributed by atoms with Crippen LogP contribution in [0.1, 0.15) is 66.8 Å². The van der Waals surface area contributed by atoms with Crippen LogP contribution in [0.25, 0.3) is 0 Å². The molecule has 0 spiro atoms. The van der Waals surface area contributed by atoms with Gasteiger partial charge in [0.1, 0.15) is 18.2 Å². The molecule has 1 aromatic carbocycles. The Hall–Kier alpha value is -1.41. The van der Waals surface area contributed by atoms with Gasteiger partial charge >= 0.3 is 0 Å². The summed E-state index contributed by atoms with van der Waals surface area (Å²) < 4.78 is 53.9. The maximum atomic E-state index is 14.7. The predicted octanol–water partition coefficient (Wildman–Crippen LogP) is 4.91. The zero-order valence-electron chi connectivity index (χ0n) is 16.2. The topological polar surface area (TPSA) is 41.6 Å². The van der Waals surface area contributed by atoms with Crippen LogP contribution in [0.15, 0.2) is 12.1 Å². The van der Waals surface area contributed by atoms with Crippen molar-refractivity contribution >= 4 is 18.0 Å². The van der Waals surface area contributed by atoms with E-state index in [-0.39, 0.29) is 18.1 Å². The molecule has 1 N–H and O–H groups in total. The van der Waals surface area contributed by atoms with E-state index in [1.165, 1.54) is 18.2 Å². The average Bonchev–Trinajstić information content (AvgIpc) is 3.56. The van der Waals surface area contributed by atoms with Gasteiger partial charge in [-0.05, 0) is 49.7 Å². The molecule has 3 aliphatic carbocycles. The zero-order valence-corrected chi connectivity index (χ0v) is 17.0. The fourth-order valence-electron chi connectivity index (χ4n) is 4.78. The molecule has 5 rings (SSSR count). The largest absolute Gasteiger partial charge is 0.492 e. The molecule has 1 aromatic rings. The lowest BCUT2D eigenvalue weighted by atomic mass is 9.89. The predicted molar refractivity (Wildman–Crippen MR) is 104 cm³/mol. The molecular formula is C21H25F3N2O2S. The summed E-state index contributed by atoms with van der Waals surface area (Å²) in [7, 11) is 0. The minimum atomic E-state index is -2.68. The van der Waals surface area contributed by atoms with Gasteiger partial charge in [0, 0.05) is 37.2 Å². The molecule has 2 unspecified atom stereocenters. The van der Waals surface area contributed by atoms with Crippen LogP contribution in [-0.2, 0) is 0 Å². The number of hydrogen-bond acceptors (Lipinski definition) is 4. The van der Waals surface area contributed by atoms with Crippen molar-refractivity contribution in [1.82, 2.24) is 9.03 Å². The summed E-state index contributed by atoms with van der Waals surface area (Å²) in [6.45, 7) is 1.72. The first-order valence-electron chi connectivity index (χ1n) is 10.5. The molecule has 29 heavy (non-hydrogen) atoms. The van der Waals surface area contributed by atoms with Crippen molar-refractivity contribution in [1.29, 1.82) is 0 Å². The maximum Gasteiger partial charge on any atom is 0.265 e. The molecule has 158 valence electrons. The summed E-state index contributed by atoms with van der Waals surface area (Å²) in [6, 6.07) is 2.77. The Bertz CT molecular complexity index is 828. The SMILES string of the molecule is O=C(NSN1CCC1)c1cc(C2CC2)c(OCC23CCCCC2C3(F)F)cc1F. The van der Waals surface area contributed by atoms with Crippen molar-refractivity contribution < 1.29 is 22.7 Å². The van der Waals surface area contributed by atoms with Gasteiger partial charge in [-0.1, -0.05) is 12.8 Å². The van der Waals surface area contributed by atoms with Gasteiger partial charge in [-0.25, -0.2) is 17.5 Å². The highest BCUT2D eigenvalue weighted by Gasteiger charge is 2.80. The summed E-state index contributed by atoms with van der Waals surface area (Å²) >= 11 is 1.20. The number of fused-ring (bicyclic) bond motifs is 1. The van der Waals surface area contributed by atoms with E-state index in [0.717, 1.165) is 50.8 Å². The highest BCUT2D eigenvalue weighted by atomic mass is 32.2. The second kappa shape index (κ2) is 7.08. The number of halogens is 3. The number of nitrogens with one attached hydrogen (secondary N) is 1. The van der Waals surface area contributed by atoms with Crippen molar-refractivity contribution in [2.45, 2.75) is 56.8 Å². The Kier molecular flexibility index (Phi) is 4.77. The molecule has 4 nitrogen and oxygen atoms in total. The van der Waals surface area contributed by atoms with Gasteiger partial charge in [0.15, 0.2) is 0 Å². The number of carbonyl (C=O) groups is 1. The molecule has 1 heterocycles. The summed E-state index contributed by atoms with van der Waals surface area (Å²) in [6.07, 6.45) is 5.59. The van der Waals surface area contributed by atoms with E-state index in [0.29, 0.717) is 18.6 Å². The van der Waals surface area contributed by atoms with Gasteiger partial charge in [-0.3, -0.25) is 9.52 Å². The highest BCUT2D eigenvalue weighted by molar-refractivity contribution is 7.95.